The molecule has 0 atom stereocenters. The number of carbonyl (C=O) groups excluding carboxylic acids is 1. The number of aromatic nitrogens is 2. The van der Waals surface area contributed by atoms with Crippen molar-refractivity contribution < 1.29 is 4.79 Å². The number of aryl methyl sites for hydroxylation is 1. The smallest absolute Gasteiger partial charge is 0.235 e. The zero-order chi connectivity index (χ0) is 17.2. The second kappa shape index (κ2) is 6.79. The SMILES string of the molecule is Cc1cc(NC(=O)C(C)(C)c2ccc(Br)cc2)nc(C(C)C)n1. The number of anilines is 1. The van der Waals surface area contributed by atoms with Crippen LogP contribution >= 0.6 is 15.9 Å². The van der Waals surface area contributed by atoms with Crippen LogP contribution in [-0.2, 0) is 10.2 Å². The van der Waals surface area contributed by atoms with E-state index >= 15 is 0 Å². The minimum atomic E-state index is -0.655. The molecule has 1 N–H and O–H groups in total. The molecule has 0 fully saturated rings. The van der Waals surface area contributed by atoms with Crippen LogP contribution in [0.3, 0.4) is 0 Å². The van der Waals surface area contributed by atoms with Gasteiger partial charge in [-0.25, -0.2) is 9.97 Å². The molecule has 1 heterocycles. The van der Waals surface area contributed by atoms with E-state index in [1.54, 1.807) is 6.07 Å². The third-order valence-corrected chi connectivity index (χ3v) is 4.29. The largest absolute Gasteiger partial charge is 0.310 e. The Morgan fingerprint density at radius 1 is 1.17 bits per heavy atom. The van der Waals surface area contributed by atoms with Crippen molar-refractivity contribution in [3.63, 3.8) is 0 Å². The van der Waals surface area contributed by atoms with Crippen molar-refractivity contribution in [2.24, 2.45) is 0 Å². The summed E-state index contributed by atoms with van der Waals surface area (Å²) in [5.74, 6) is 1.41. The first-order valence-corrected chi connectivity index (χ1v) is 8.42. The molecule has 0 unspecified atom stereocenters. The monoisotopic (exact) mass is 375 g/mol. The van der Waals surface area contributed by atoms with Crippen molar-refractivity contribution >= 4 is 27.7 Å². The molecule has 122 valence electrons. The fourth-order valence-electron chi connectivity index (χ4n) is 2.18. The van der Waals surface area contributed by atoms with Gasteiger partial charge in [0.1, 0.15) is 11.6 Å². The van der Waals surface area contributed by atoms with E-state index in [0.717, 1.165) is 21.6 Å². The average Bonchev–Trinajstić information content (AvgIpc) is 2.46. The van der Waals surface area contributed by atoms with E-state index in [4.69, 9.17) is 0 Å². The Morgan fingerprint density at radius 2 is 1.78 bits per heavy atom. The summed E-state index contributed by atoms with van der Waals surface area (Å²) in [4.78, 5) is 21.6. The molecule has 1 amide bonds. The average molecular weight is 376 g/mol. The van der Waals surface area contributed by atoms with Crippen LogP contribution < -0.4 is 5.32 Å². The fraction of sp³-hybridized carbons (Fsp3) is 0.389. The van der Waals surface area contributed by atoms with E-state index in [9.17, 15) is 4.79 Å². The molecule has 0 radical (unpaired) electrons. The van der Waals surface area contributed by atoms with Gasteiger partial charge in [0.25, 0.3) is 0 Å². The van der Waals surface area contributed by atoms with Crippen molar-refractivity contribution in [3.05, 3.63) is 51.9 Å². The van der Waals surface area contributed by atoms with Crippen LogP contribution in [0, 0.1) is 6.92 Å². The van der Waals surface area contributed by atoms with Gasteiger partial charge >= 0.3 is 0 Å². The summed E-state index contributed by atoms with van der Waals surface area (Å²) < 4.78 is 0.991. The number of rotatable bonds is 4. The highest BCUT2D eigenvalue weighted by atomic mass is 79.9. The highest BCUT2D eigenvalue weighted by molar-refractivity contribution is 9.10. The van der Waals surface area contributed by atoms with Crippen LogP contribution in [0.5, 0.6) is 0 Å². The van der Waals surface area contributed by atoms with Crippen LogP contribution in [0.25, 0.3) is 0 Å². The lowest BCUT2D eigenvalue weighted by Gasteiger charge is -2.24. The van der Waals surface area contributed by atoms with E-state index < -0.39 is 5.41 Å². The number of amides is 1. The molecule has 2 rings (SSSR count). The summed E-state index contributed by atoms with van der Waals surface area (Å²) >= 11 is 3.41. The summed E-state index contributed by atoms with van der Waals surface area (Å²) in [6, 6.07) is 9.58. The van der Waals surface area contributed by atoms with Gasteiger partial charge < -0.3 is 5.32 Å². The normalized spacial score (nSPS) is 11.6. The molecule has 2 aromatic rings. The molecule has 0 spiro atoms. The van der Waals surface area contributed by atoms with E-state index in [-0.39, 0.29) is 11.8 Å². The third kappa shape index (κ3) is 4.16. The lowest BCUT2D eigenvalue weighted by molar-refractivity contribution is -0.120. The predicted molar refractivity (Wildman–Crippen MR) is 96.7 cm³/mol. The first-order chi connectivity index (χ1) is 10.7. The maximum atomic E-state index is 12.7. The molecule has 0 aliphatic carbocycles. The number of nitrogens with zero attached hydrogens (tertiary/aromatic N) is 2. The fourth-order valence-corrected chi connectivity index (χ4v) is 2.45. The lowest BCUT2D eigenvalue weighted by atomic mass is 9.84. The van der Waals surface area contributed by atoms with Gasteiger partial charge in [0.05, 0.1) is 5.41 Å². The number of carbonyl (C=O) groups is 1. The first-order valence-electron chi connectivity index (χ1n) is 7.63. The molecule has 0 aliphatic rings. The molecule has 0 aliphatic heterocycles. The second-order valence-electron chi connectivity index (χ2n) is 6.49. The van der Waals surface area contributed by atoms with Crippen LogP contribution in [0.4, 0.5) is 5.82 Å². The van der Waals surface area contributed by atoms with Crippen molar-refractivity contribution in [2.75, 3.05) is 5.32 Å². The molecule has 5 heteroatoms. The summed E-state index contributed by atoms with van der Waals surface area (Å²) in [5.41, 5.74) is 1.14. The van der Waals surface area contributed by atoms with Crippen LogP contribution in [-0.4, -0.2) is 15.9 Å². The Bertz CT molecular complexity index is 709. The standard InChI is InChI=1S/C18H22BrN3O/c1-11(2)16-20-12(3)10-15(21-16)22-17(23)18(4,5)13-6-8-14(19)9-7-13/h6-11H,1-5H3,(H,20,21,22,23). The van der Waals surface area contributed by atoms with Crippen LogP contribution in [0.2, 0.25) is 0 Å². The van der Waals surface area contributed by atoms with Crippen molar-refractivity contribution in [1.82, 2.24) is 9.97 Å². The Kier molecular flexibility index (Phi) is 5.19. The van der Waals surface area contributed by atoms with Gasteiger partial charge in [-0.2, -0.15) is 0 Å². The number of hydrogen-bond donors (Lipinski definition) is 1. The molecule has 1 aromatic carbocycles. The highest BCUT2D eigenvalue weighted by Crippen LogP contribution is 2.26. The predicted octanol–water partition coefficient (Wildman–Crippen LogP) is 4.59. The molecule has 0 saturated heterocycles. The number of benzene rings is 1. The van der Waals surface area contributed by atoms with Crippen molar-refractivity contribution in [1.29, 1.82) is 0 Å². The summed E-state index contributed by atoms with van der Waals surface area (Å²) in [5, 5.41) is 2.93. The lowest BCUT2D eigenvalue weighted by Crippen LogP contribution is -2.35. The topological polar surface area (TPSA) is 54.9 Å². The first kappa shape index (κ1) is 17.6. The highest BCUT2D eigenvalue weighted by Gasteiger charge is 2.30. The summed E-state index contributed by atoms with van der Waals surface area (Å²) in [7, 11) is 0. The maximum Gasteiger partial charge on any atom is 0.235 e. The zero-order valence-electron chi connectivity index (χ0n) is 14.1. The number of hydrogen-bond acceptors (Lipinski definition) is 3. The quantitative estimate of drug-likeness (QED) is 0.849. The zero-order valence-corrected chi connectivity index (χ0v) is 15.7. The maximum absolute atomic E-state index is 12.7. The Labute approximate surface area is 145 Å². The number of nitrogens with one attached hydrogen (secondary N) is 1. The Balaban J connectivity index is 2.25. The Morgan fingerprint density at radius 3 is 2.35 bits per heavy atom. The van der Waals surface area contributed by atoms with Gasteiger partial charge in [0.2, 0.25) is 5.91 Å². The number of halogens is 1. The molecule has 4 nitrogen and oxygen atoms in total. The van der Waals surface area contributed by atoms with Gasteiger partial charge in [-0.15, -0.1) is 0 Å². The molecular formula is C18H22BrN3O. The molecular weight excluding hydrogens is 354 g/mol. The molecule has 1 aromatic heterocycles. The molecule has 0 bridgehead atoms. The second-order valence-corrected chi connectivity index (χ2v) is 7.41. The van der Waals surface area contributed by atoms with Crippen LogP contribution in [0.15, 0.2) is 34.8 Å². The van der Waals surface area contributed by atoms with Gasteiger partial charge in [0.15, 0.2) is 0 Å². The Hall–Kier alpha value is -1.75. The minimum absolute atomic E-state index is 0.0902. The molecule has 23 heavy (non-hydrogen) atoms. The van der Waals surface area contributed by atoms with E-state index in [2.05, 4.69) is 31.2 Å². The van der Waals surface area contributed by atoms with E-state index in [1.165, 1.54) is 0 Å². The van der Waals surface area contributed by atoms with E-state index in [1.807, 2.05) is 58.9 Å². The van der Waals surface area contributed by atoms with Crippen molar-refractivity contribution in [2.45, 2.75) is 46.0 Å². The molecule has 0 saturated carbocycles. The minimum Gasteiger partial charge on any atom is -0.310 e. The van der Waals surface area contributed by atoms with Gasteiger partial charge in [-0.3, -0.25) is 4.79 Å². The summed E-state index contributed by atoms with van der Waals surface area (Å²) in [6.07, 6.45) is 0. The van der Waals surface area contributed by atoms with E-state index in [0.29, 0.717) is 5.82 Å². The van der Waals surface area contributed by atoms with Crippen LogP contribution in [0.1, 0.15) is 50.7 Å². The van der Waals surface area contributed by atoms with Gasteiger partial charge in [-0.05, 0) is 38.5 Å². The van der Waals surface area contributed by atoms with Gasteiger partial charge in [-0.1, -0.05) is 41.9 Å². The summed E-state index contributed by atoms with van der Waals surface area (Å²) in [6.45, 7) is 9.79. The third-order valence-electron chi connectivity index (χ3n) is 3.76. The van der Waals surface area contributed by atoms with Crippen molar-refractivity contribution in [3.8, 4) is 0 Å². The van der Waals surface area contributed by atoms with Gasteiger partial charge in [0, 0.05) is 22.2 Å².